The Morgan fingerprint density at radius 2 is 2.14 bits per heavy atom. The van der Waals surface area contributed by atoms with E-state index in [9.17, 15) is 0 Å². The van der Waals surface area contributed by atoms with Crippen LogP contribution in [0.1, 0.15) is 6.92 Å². The highest BCUT2D eigenvalue weighted by Crippen LogP contribution is 2.29. The topological polar surface area (TPSA) is 21.3 Å². The van der Waals surface area contributed by atoms with E-state index >= 15 is 0 Å². The van der Waals surface area contributed by atoms with Gasteiger partial charge in [-0.1, -0.05) is 29.3 Å². The van der Waals surface area contributed by atoms with E-state index in [2.05, 4.69) is 5.32 Å². The lowest BCUT2D eigenvalue weighted by Crippen LogP contribution is -2.20. The van der Waals surface area contributed by atoms with Crippen molar-refractivity contribution in [2.24, 2.45) is 0 Å². The van der Waals surface area contributed by atoms with E-state index in [-0.39, 0.29) is 6.04 Å². The highest BCUT2D eigenvalue weighted by molar-refractivity contribution is 6.43. The van der Waals surface area contributed by atoms with Crippen molar-refractivity contribution in [2.45, 2.75) is 13.0 Å². The summed E-state index contributed by atoms with van der Waals surface area (Å²) in [5, 5.41) is 4.32. The van der Waals surface area contributed by atoms with Crippen LogP contribution in [0.2, 0.25) is 10.0 Å². The summed E-state index contributed by atoms with van der Waals surface area (Å²) in [6, 6.07) is 5.71. The Morgan fingerprint density at radius 1 is 1.43 bits per heavy atom. The quantitative estimate of drug-likeness (QED) is 0.861. The number of hydrogen-bond acceptors (Lipinski definition) is 2. The predicted molar refractivity (Wildman–Crippen MR) is 61.4 cm³/mol. The molecule has 0 heterocycles. The van der Waals surface area contributed by atoms with Crippen molar-refractivity contribution in [3.63, 3.8) is 0 Å². The van der Waals surface area contributed by atoms with Crippen molar-refractivity contribution in [1.29, 1.82) is 0 Å². The Labute approximate surface area is 94.2 Å². The molecule has 0 bridgehead atoms. The van der Waals surface area contributed by atoms with Gasteiger partial charge >= 0.3 is 0 Å². The molecule has 0 radical (unpaired) electrons. The molecule has 1 atom stereocenters. The summed E-state index contributed by atoms with van der Waals surface area (Å²) in [6.45, 7) is 2.64. The maximum absolute atomic E-state index is 6.00. The Bertz CT molecular complexity index is 304. The zero-order valence-electron chi connectivity index (χ0n) is 8.18. The van der Waals surface area contributed by atoms with E-state index in [4.69, 9.17) is 27.9 Å². The van der Waals surface area contributed by atoms with Gasteiger partial charge in [0.25, 0.3) is 0 Å². The molecule has 4 heteroatoms. The lowest BCUT2D eigenvalue weighted by Gasteiger charge is -2.15. The second kappa shape index (κ2) is 5.44. The maximum Gasteiger partial charge on any atom is 0.0823 e. The van der Waals surface area contributed by atoms with Gasteiger partial charge in [0.1, 0.15) is 0 Å². The SMILES string of the molecule is COCC(C)Nc1cccc(Cl)c1Cl. The molecular weight excluding hydrogens is 221 g/mol. The van der Waals surface area contributed by atoms with Crippen LogP contribution in [0.4, 0.5) is 5.69 Å². The standard InChI is InChI=1S/C10H13Cl2NO/c1-7(6-14-2)13-9-5-3-4-8(11)10(9)12/h3-5,7,13H,6H2,1-2H3. The summed E-state index contributed by atoms with van der Waals surface area (Å²) in [5.41, 5.74) is 0.837. The summed E-state index contributed by atoms with van der Waals surface area (Å²) < 4.78 is 5.01. The predicted octanol–water partition coefficient (Wildman–Crippen LogP) is 3.44. The van der Waals surface area contributed by atoms with Gasteiger partial charge in [-0.15, -0.1) is 0 Å². The highest BCUT2D eigenvalue weighted by atomic mass is 35.5. The van der Waals surface area contributed by atoms with Gasteiger partial charge in [0, 0.05) is 13.2 Å². The van der Waals surface area contributed by atoms with Gasteiger partial charge in [-0.25, -0.2) is 0 Å². The van der Waals surface area contributed by atoms with Gasteiger partial charge in [-0.05, 0) is 19.1 Å². The number of halogens is 2. The number of rotatable bonds is 4. The van der Waals surface area contributed by atoms with Gasteiger partial charge in [0.15, 0.2) is 0 Å². The third-order valence-corrected chi connectivity index (χ3v) is 2.59. The molecule has 0 saturated heterocycles. The third-order valence-electron chi connectivity index (χ3n) is 1.77. The minimum absolute atomic E-state index is 0.205. The first-order chi connectivity index (χ1) is 6.65. The van der Waals surface area contributed by atoms with Crippen molar-refractivity contribution < 1.29 is 4.74 Å². The molecule has 0 aliphatic rings. The molecule has 0 amide bonds. The average molecular weight is 234 g/mol. The average Bonchev–Trinajstić information content (AvgIpc) is 2.13. The molecule has 0 saturated carbocycles. The molecule has 14 heavy (non-hydrogen) atoms. The normalized spacial score (nSPS) is 12.6. The fourth-order valence-electron chi connectivity index (χ4n) is 1.17. The van der Waals surface area contributed by atoms with Crippen LogP contribution >= 0.6 is 23.2 Å². The number of hydrogen-bond donors (Lipinski definition) is 1. The van der Waals surface area contributed by atoms with Crippen LogP contribution in [0, 0.1) is 0 Å². The Kier molecular flexibility index (Phi) is 4.52. The summed E-state index contributed by atoms with van der Waals surface area (Å²) in [4.78, 5) is 0. The first-order valence-electron chi connectivity index (χ1n) is 4.34. The number of anilines is 1. The van der Waals surface area contributed by atoms with Crippen molar-refractivity contribution >= 4 is 28.9 Å². The smallest absolute Gasteiger partial charge is 0.0823 e. The minimum Gasteiger partial charge on any atom is -0.383 e. The molecule has 0 aromatic heterocycles. The molecule has 0 fully saturated rings. The zero-order valence-corrected chi connectivity index (χ0v) is 9.69. The molecule has 0 aliphatic heterocycles. The molecule has 1 N–H and O–H groups in total. The first-order valence-corrected chi connectivity index (χ1v) is 5.10. The second-order valence-corrected chi connectivity index (χ2v) is 3.89. The van der Waals surface area contributed by atoms with E-state index in [0.29, 0.717) is 16.7 Å². The van der Waals surface area contributed by atoms with E-state index in [1.807, 2.05) is 19.1 Å². The van der Waals surface area contributed by atoms with Crippen LogP contribution in [-0.4, -0.2) is 19.8 Å². The van der Waals surface area contributed by atoms with Crippen LogP contribution in [0.25, 0.3) is 0 Å². The van der Waals surface area contributed by atoms with Crippen molar-refractivity contribution in [3.8, 4) is 0 Å². The Morgan fingerprint density at radius 3 is 2.79 bits per heavy atom. The van der Waals surface area contributed by atoms with Crippen molar-refractivity contribution in [1.82, 2.24) is 0 Å². The summed E-state index contributed by atoms with van der Waals surface area (Å²) >= 11 is 11.9. The van der Waals surface area contributed by atoms with E-state index in [1.54, 1.807) is 13.2 Å². The number of nitrogens with one attached hydrogen (secondary N) is 1. The lowest BCUT2D eigenvalue weighted by molar-refractivity contribution is 0.190. The van der Waals surface area contributed by atoms with Gasteiger partial charge in [0.05, 0.1) is 22.3 Å². The van der Waals surface area contributed by atoms with Gasteiger partial charge in [0.2, 0.25) is 0 Å². The lowest BCUT2D eigenvalue weighted by atomic mass is 10.3. The summed E-state index contributed by atoms with van der Waals surface area (Å²) in [6.07, 6.45) is 0. The second-order valence-electron chi connectivity index (χ2n) is 3.10. The number of methoxy groups -OCH3 is 1. The van der Waals surface area contributed by atoms with E-state index < -0.39 is 0 Å². The minimum atomic E-state index is 0.205. The highest BCUT2D eigenvalue weighted by Gasteiger charge is 2.06. The summed E-state index contributed by atoms with van der Waals surface area (Å²) in [5.74, 6) is 0. The van der Waals surface area contributed by atoms with Crippen LogP contribution in [0.5, 0.6) is 0 Å². The maximum atomic E-state index is 6.00. The molecule has 1 rings (SSSR count). The van der Waals surface area contributed by atoms with Crippen LogP contribution < -0.4 is 5.32 Å². The number of benzene rings is 1. The van der Waals surface area contributed by atoms with Crippen LogP contribution in [0.15, 0.2) is 18.2 Å². The zero-order chi connectivity index (χ0) is 10.6. The number of ether oxygens (including phenoxy) is 1. The molecular formula is C10H13Cl2NO. The fraction of sp³-hybridized carbons (Fsp3) is 0.400. The molecule has 1 unspecified atom stereocenters. The molecule has 1 aromatic carbocycles. The Hall–Kier alpha value is -0.440. The largest absolute Gasteiger partial charge is 0.383 e. The molecule has 78 valence electrons. The molecule has 1 aromatic rings. The Balaban J connectivity index is 2.71. The van der Waals surface area contributed by atoms with Gasteiger partial charge < -0.3 is 10.1 Å². The van der Waals surface area contributed by atoms with E-state index in [0.717, 1.165) is 5.69 Å². The van der Waals surface area contributed by atoms with Crippen molar-refractivity contribution in [3.05, 3.63) is 28.2 Å². The van der Waals surface area contributed by atoms with Gasteiger partial charge in [-0.3, -0.25) is 0 Å². The monoisotopic (exact) mass is 233 g/mol. The van der Waals surface area contributed by atoms with E-state index in [1.165, 1.54) is 0 Å². The third kappa shape index (κ3) is 3.05. The van der Waals surface area contributed by atoms with Crippen molar-refractivity contribution in [2.75, 3.05) is 19.0 Å². The fourth-order valence-corrected chi connectivity index (χ4v) is 1.53. The van der Waals surface area contributed by atoms with Crippen LogP contribution in [0.3, 0.4) is 0 Å². The van der Waals surface area contributed by atoms with Crippen LogP contribution in [-0.2, 0) is 4.74 Å². The van der Waals surface area contributed by atoms with Gasteiger partial charge in [-0.2, -0.15) is 0 Å². The molecule has 0 spiro atoms. The molecule has 0 aliphatic carbocycles. The molecule has 2 nitrogen and oxygen atoms in total. The summed E-state index contributed by atoms with van der Waals surface area (Å²) in [7, 11) is 1.66. The first kappa shape index (κ1) is 11.6.